The van der Waals surface area contributed by atoms with Crippen LogP contribution in [0.3, 0.4) is 0 Å². The van der Waals surface area contributed by atoms with Gasteiger partial charge in [0.05, 0.1) is 25.0 Å². The number of hydrogen-bond acceptors (Lipinski definition) is 4. The molecule has 0 spiro atoms. The highest BCUT2D eigenvalue weighted by atomic mass is 16.3. The third-order valence-electron chi connectivity index (χ3n) is 2.13. The second-order valence-electron chi connectivity index (χ2n) is 3.44. The van der Waals surface area contributed by atoms with Gasteiger partial charge in [0.25, 0.3) is 0 Å². The molecular formula is C12H10N2O2. The average molecular weight is 214 g/mol. The van der Waals surface area contributed by atoms with Crippen molar-refractivity contribution in [3.05, 3.63) is 35.9 Å². The van der Waals surface area contributed by atoms with E-state index in [9.17, 15) is 9.90 Å². The van der Waals surface area contributed by atoms with Gasteiger partial charge in [0.1, 0.15) is 0 Å². The van der Waals surface area contributed by atoms with Gasteiger partial charge in [-0.3, -0.25) is 4.79 Å². The van der Waals surface area contributed by atoms with Crippen molar-refractivity contribution in [3.8, 4) is 12.1 Å². The van der Waals surface area contributed by atoms with E-state index in [1.807, 2.05) is 0 Å². The molecule has 0 aliphatic carbocycles. The smallest absolute Gasteiger partial charge is 0.171 e. The number of nitriles is 2. The van der Waals surface area contributed by atoms with E-state index < -0.39 is 5.60 Å². The van der Waals surface area contributed by atoms with Crippen LogP contribution in [0.4, 0.5) is 0 Å². The minimum Gasteiger partial charge on any atom is -0.374 e. The highest BCUT2D eigenvalue weighted by Crippen LogP contribution is 2.17. The number of Topliss-reactive ketones (excluding diaryl/α,β-unsaturated/α-hetero) is 1. The molecule has 0 aliphatic heterocycles. The van der Waals surface area contributed by atoms with Crippen molar-refractivity contribution in [2.45, 2.75) is 18.4 Å². The zero-order valence-electron chi connectivity index (χ0n) is 8.55. The van der Waals surface area contributed by atoms with Crippen LogP contribution in [-0.2, 0) is 0 Å². The topological polar surface area (TPSA) is 84.9 Å². The van der Waals surface area contributed by atoms with Gasteiger partial charge in [0, 0.05) is 5.56 Å². The summed E-state index contributed by atoms with van der Waals surface area (Å²) in [5, 5.41) is 26.8. The molecule has 4 nitrogen and oxygen atoms in total. The monoisotopic (exact) mass is 214 g/mol. The summed E-state index contributed by atoms with van der Waals surface area (Å²) in [5.41, 5.74) is -1.46. The van der Waals surface area contributed by atoms with Gasteiger partial charge in [0.15, 0.2) is 11.4 Å². The van der Waals surface area contributed by atoms with E-state index in [1.165, 1.54) is 0 Å². The molecule has 0 fully saturated rings. The van der Waals surface area contributed by atoms with Crippen LogP contribution in [0.1, 0.15) is 23.2 Å². The lowest BCUT2D eigenvalue weighted by Crippen LogP contribution is -2.29. The van der Waals surface area contributed by atoms with Gasteiger partial charge in [0.2, 0.25) is 0 Å². The van der Waals surface area contributed by atoms with Crippen molar-refractivity contribution in [1.82, 2.24) is 0 Å². The Morgan fingerprint density at radius 3 is 2.44 bits per heavy atom. The van der Waals surface area contributed by atoms with Crippen LogP contribution in [-0.4, -0.2) is 16.5 Å². The molecule has 1 N–H and O–H groups in total. The fraction of sp³-hybridized carbons (Fsp3) is 0.250. The minimum atomic E-state index is -1.89. The summed E-state index contributed by atoms with van der Waals surface area (Å²) in [4.78, 5) is 11.7. The van der Waals surface area contributed by atoms with Crippen molar-refractivity contribution in [1.29, 1.82) is 10.5 Å². The summed E-state index contributed by atoms with van der Waals surface area (Å²) < 4.78 is 0. The van der Waals surface area contributed by atoms with Crippen molar-refractivity contribution in [2.75, 3.05) is 0 Å². The summed E-state index contributed by atoms with van der Waals surface area (Å²) in [7, 11) is 0. The van der Waals surface area contributed by atoms with E-state index in [2.05, 4.69) is 0 Å². The Hall–Kier alpha value is -2.17. The number of nitrogens with zero attached hydrogens (tertiary/aromatic N) is 2. The first-order chi connectivity index (χ1) is 7.61. The molecular weight excluding hydrogens is 204 g/mol. The SMILES string of the molecule is N#CCC(O)(C#N)CC(=O)c1ccccc1. The van der Waals surface area contributed by atoms with Crippen LogP contribution in [0, 0.1) is 22.7 Å². The number of carbonyl (C=O) groups is 1. The van der Waals surface area contributed by atoms with Gasteiger partial charge in [-0.2, -0.15) is 10.5 Å². The number of benzene rings is 1. The molecule has 0 aliphatic rings. The van der Waals surface area contributed by atoms with E-state index in [0.29, 0.717) is 5.56 Å². The van der Waals surface area contributed by atoms with E-state index >= 15 is 0 Å². The van der Waals surface area contributed by atoms with E-state index in [1.54, 1.807) is 42.5 Å². The van der Waals surface area contributed by atoms with E-state index in [-0.39, 0.29) is 18.6 Å². The van der Waals surface area contributed by atoms with Crippen LogP contribution < -0.4 is 0 Å². The molecule has 0 saturated carbocycles. The first-order valence-electron chi connectivity index (χ1n) is 4.70. The van der Waals surface area contributed by atoms with Crippen molar-refractivity contribution in [2.24, 2.45) is 0 Å². The van der Waals surface area contributed by atoms with Gasteiger partial charge in [-0.15, -0.1) is 0 Å². The molecule has 0 bridgehead atoms. The predicted molar refractivity (Wildman–Crippen MR) is 56.2 cm³/mol. The number of rotatable bonds is 4. The standard InChI is InChI=1S/C12H10N2O2/c13-7-6-12(16,9-14)8-11(15)10-4-2-1-3-5-10/h1-5,16H,6,8H2. The van der Waals surface area contributed by atoms with Crippen LogP contribution in [0.2, 0.25) is 0 Å². The van der Waals surface area contributed by atoms with Crippen LogP contribution in [0.15, 0.2) is 30.3 Å². The maximum atomic E-state index is 11.7. The second-order valence-corrected chi connectivity index (χ2v) is 3.44. The first-order valence-corrected chi connectivity index (χ1v) is 4.70. The van der Waals surface area contributed by atoms with Gasteiger partial charge >= 0.3 is 0 Å². The Bertz CT molecular complexity index is 456. The van der Waals surface area contributed by atoms with Crippen LogP contribution >= 0.6 is 0 Å². The number of aliphatic hydroxyl groups is 1. The molecule has 1 aromatic rings. The van der Waals surface area contributed by atoms with Crippen LogP contribution in [0.5, 0.6) is 0 Å². The molecule has 0 radical (unpaired) electrons. The summed E-state index contributed by atoms with van der Waals surface area (Å²) >= 11 is 0. The Morgan fingerprint density at radius 2 is 1.94 bits per heavy atom. The fourth-order valence-electron chi connectivity index (χ4n) is 1.26. The molecule has 1 aromatic carbocycles. The molecule has 4 heteroatoms. The van der Waals surface area contributed by atoms with Crippen LogP contribution in [0.25, 0.3) is 0 Å². The van der Waals surface area contributed by atoms with Gasteiger partial charge < -0.3 is 5.11 Å². The highest BCUT2D eigenvalue weighted by molar-refractivity contribution is 5.96. The Kier molecular flexibility index (Phi) is 3.77. The molecule has 16 heavy (non-hydrogen) atoms. The Labute approximate surface area is 93.4 Å². The van der Waals surface area contributed by atoms with E-state index in [0.717, 1.165) is 0 Å². The lowest BCUT2D eigenvalue weighted by molar-refractivity contribution is 0.0705. The average Bonchev–Trinajstić information content (AvgIpc) is 2.30. The summed E-state index contributed by atoms with van der Waals surface area (Å²) in [6.07, 6.45) is -0.733. The molecule has 1 unspecified atom stereocenters. The predicted octanol–water partition coefficient (Wildman–Crippen LogP) is 1.43. The molecule has 80 valence electrons. The zero-order chi connectivity index (χ0) is 12.0. The molecule has 0 aromatic heterocycles. The molecule has 0 amide bonds. The minimum absolute atomic E-state index is 0.347. The fourth-order valence-corrected chi connectivity index (χ4v) is 1.26. The third kappa shape index (κ3) is 2.91. The van der Waals surface area contributed by atoms with Crippen molar-refractivity contribution in [3.63, 3.8) is 0 Å². The van der Waals surface area contributed by atoms with Crippen molar-refractivity contribution >= 4 is 5.78 Å². The second kappa shape index (κ2) is 5.06. The van der Waals surface area contributed by atoms with Crippen molar-refractivity contribution < 1.29 is 9.90 Å². The molecule has 0 heterocycles. The van der Waals surface area contributed by atoms with Gasteiger partial charge in [-0.05, 0) is 0 Å². The quantitative estimate of drug-likeness (QED) is 0.606. The summed E-state index contributed by atoms with van der Waals surface area (Å²) in [5.74, 6) is -0.347. The number of carbonyl (C=O) groups excluding carboxylic acids is 1. The third-order valence-corrected chi connectivity index (χ3v) is 2.13. The first kappa shape index (κ1) is 11.9. The maximum Gasteiger partial charge on any atom is 0.171 e. The molecule has 0 saturated heterocycles. The highest BCUT2D eigenvalue weighted by Gasteiger charge is 2.30. The van der Waals surface area contributed by atoms with Gasteiger partial charge in [-0.25, -0.2) is 0 Å². The number of ketones is 1. The Balaban J connectivity index is 2.80. The van der Waals surface area contributed by atoms with E-state index in [4.69, 9.17) is 10.5 Å². The summed E-state index contributed by atoms with van der Waals surface area (Å²) in [6, 6.07) is 11.7. The molecule has 1 rings (SSSR count). The lowest BCUT2D eigenvalue weighted by atomic mass is 9.93. The summed E-state index contributed by atoms with van der Waals surface area (Å²) in [6.45, 7) is 0. The maximum absolute atomic E-state index is 11.7. The largest absolute Gasteiger partial charge is 0.374 e. The lowest BCUT2D eigenvalue weighted by Gasteiger charge is -2.15. The zero-order valence-corrected chi connectivity index (χ0v) is 8.55. The molecule has 1 atom stereocenters. The van der Waals surface area contributed by atoms with Gasteiger partial charge in [-0.1, -0.05) is 30.3 Å². The number of hydrogen-bond donors (Lipinski definition) is 1. The Morgan fingerprint density at radius 1 is 1.31 bits per heavy atom. The normalized spacial score (nSPS) is 13.2.